The van der Waals surface area contributed by atoms with Crippen LogP contribution in [0.2, 0.25) is 0 Å². The average molecular weight is 499 g/mol. The summed E-state index contributed by atoms with van der Waals surface area (Å²) < 4.78 is 0. The van der Waals surface area contributed by atoms with Gasteiger partial charge in [0.2, 0.25) is 0 Å². The van der Waals surface area contributed by atoms with Gasteiger partial charge in [0, 0.05) is 37.6 Å². The topological polar surface area (TPSA) is 54.1 Å². The average Bonchev–Trinajstić information content (AvgIpc) is 3.00. The third-order valence-electron chi connectivity index (χ3n) is 7.60. The molecule has 3 aromatic rings. The highest BCUT2D eigenvalue weighted by Gasteiger charge is 2.12. The standard InChI is InChI=1S/C34H34N4/c35-25-31(23-27-7-15-33(16-8-27)37-19-3-1-4-20-37)29-11-13-30(14-12-29)32(26-36)24-28-9-17-34(18-10-28)38-21-5-2-6-22-38/h7-18,23-24H,1-6,19-22H2/b31-23+,32-24+. The Morgan fingerprint density at radius 1 is 0.500 bits per heavy atom. The van der Waals surface area contributed by atoms with E-state index in [4.69, 9.17) is 0 Å². The molecule has 5 rings (SSSR count). The fourth-order valence-corrected chi connectivity index (χ4v) is 5.39. The Morgan fingerprint density at radius 2 is 0.842 bits per heavy atom. The van der Waals surface area contributed by atoms with Crippen molar-refractivity contribution in [3.05, 3.63) is 95.1 Å². The molecular weight excluding hydrogens is 464 g/mol. The third-order valence-corrected chi connectivity index (χ3v) is 7.60. The summed E-state index contributed by atoms with van der Waals surface area (Å²) in [6.45, 7) is 4.48. The monoisotopic (exact) mass is 498 g/mol. The van der Waals surface area contributed by atoms with E-state index in [2.05, 4.69) is 70.5 Å². The molecule has 0 aliphatic carbocycles. The van der Waals surface area contributed by atoms with E-state index < -0.39 is 0 Å². The maximum Gasteiger partial charge on any atom is 0.0998 e. The van der Waals surface area contributed by atoms with Gasteiger partial charge in [-0.2, -0.15) is 10.5 Å². The van der Waals surface area contributed by atoms with Crippen LogP contribution in [-0.2, 0) is 0 Å². The Labute approximate surface area is 226 Å². The number of allylic oxidation sites excluding steroid dienone is 2. The summed E-state index contributed by atoms with van der Waals surface area (Å²) >= 11 is 0. The third kappa shape index (κ3) is 6.16. The highest BCUT2D eigenvalue weighted by atomic mass is 15.1. The SMILES string of the molecule is N#C/C(=C\c1ccc(N2CCCCC2)cc1)c1ccc(/C(C#N)=C/c2ccc(N3CCCCC3)cc2)cc1. The van der Waals surface area contributed by atoms with Crippen LogP contribution in [0.1, 0.15) is 60.8 Å². The summed E-state index contributed by atoms with van der Waals surface area (Å²) in [4.78, 5) is 4.87. The fraction of sp³-hybridized carbons (Fsp3) is 0.294. The lowest BCUT2D eigenvalue weighted by Crippen LogP contribution is -2.29. The van der Waals surface area contributed by atoms with Crippen molar-refractivity contribution in [2.24, 2.45) is 0 Å². The molecule has 0 bridgehead atoms. The second kappa shape index (κ2) is 12.3. The zero-order chi connectivity index (χ0) is 26.2. The summed E-state index contributed by atoms with van der Waals surface area (Å²) in [5.41, 5.74) is 7.44. The number of hydrogen-bond acceptors (Lipinski definition) is 4. The second-order valence-electron chi connectivity index (χ2n) is 10.2. The minimum Gasteiger partial charge on any atom is -0.372 e. The van der Waals surface area contributed by atoms with Crippen molar-refractivity contribution in [3.63, 3.8) is 0 Å². The molecule has 2 aliphatic heterocycles. The molecule has 0 amide bonds. The van der Waals surface area contributed by atoms with Crippen LogP contribution in [0.4, 0.5) is 11.4 Å². The van der Waals surface area contributed by atoms with Gasteiger partial charge in [-0.15, -0.1) is 0 Å². The highest BCUT2D eigenvalue weighted by molar-refractivity contribution is 5.92. The van der Waals surface area contributed by atoms with E-state index in [0.717, 1.165) is 48.4 Å². The molecule has 0 spiro atoms. The minimum absolute atomic E-state index is 0.609. The molecule has 4 heteroatoms. The lowest BCUT2D eigenvalue weighted by atomic mass is 9.98. The molecule has 0 saturated carbocycles. The van der Waals surface area contributed by atoms with E-state index in [9.17, 15) is 10.5 Å². The predicted octanol–water partition coefficient (Wildman–Crippen LogP) is 7.80. The largest absolute Gasteiger partial charge is 0.372 e. The number of piperidine rings is 2. The van der Waals surface area contributed by atoms with Crippen LogP contribution in [0.25, 0.3) is 23.3 Å². The van der Waals surface area contributed by atoms with Gasteiger partial charge < -0.3 is 9.80 Å². The summed E-state index contributed by atoms with van der Waals surface area (Å²) in [6.07, 6.45) is 11.5. The minimum atomic E-state index is 0.609. The molecule has 0 radical (unpaired) electrons. The van der Waals surface area contributed by atoms with Gasteiger partial charge in [-0.05, 0) is 97.2 Å². The predicted molar refractivity (Wildman–Crippen MR) is 158 cm³/mol. The van der Waals surface area contributed by atoms with Crippen LogP contribution in [0.3, 0.4) is 0 Å². The van der Waals surface area contributed by atoms with Crippen molar-refractivity contribution in [3.8, 4) is 12.1 Å². The van der Waals surface area contributed by atoms with Gasteiger partial charge in [0.05, 0.1) is 23.3 Å². The first kappa shape index (κ1) is 25.4. The van der Waals surface area contributed by atoms with E-state index in [1.54, 1.807) is 0 Å². The molecule has 2 aliphatic rings. The molecule has 190 valence electrons. The number of nitriles is 2. The van der Waals surface area contributed by atoms with Crippen LogP contribution >= 0.6 is 0 Å². The summed E-state index contributed by atoms with van der Waals surface area (Å²) in [7, 11) is 0. The Balaban J connectivity index is 1.29. The maximum atomic E-state index is 9.84. The molecule has 4 nitrogen and oxygen atoms in total. The molecule has 0 unspecified atom stereocenters. The Morgan fingerprint density at radius 3 is 1.16 bits per heavy atom. The van der Waals surface area contributed by atoms with Gasteiger partial charge in [-0.3, -0.25) is 0 Å². The zero-order valence-electron chi connectivity index (χ0n) is 21.9. The summed E-state index contributed by atoms with van der Waals surface area (Å²) in [5.74, 6) is 0. The van der Waals surface area contributed by atoms with Crippen molar-refractivity contribution in [2.75, 3.05) is 36.0 Å². The van der Waals surface area contributed by atoms with Crippen LogP contribution in [-0.4, -0.2) is 26.2 Å². The Kier molecular flexibility index (Phi) is 8.22. The number of anilines is 2. The number of benzene rings is 3. The van der Waals surface area contributed by atoms with Gasteiger partial charge in [-0.1, -0.05) is 48.5 Å². The van der Waals surface area contributed by atoms with Crippen molar-refractivity contribution >= 4 is 34.7 Å². The van der Waals surface area contributed by atoms with Gasteiger partial charge in [0.15, 0.2) is 0 Å². The van der Waals surface area contributed by atoms with Gasteiger partial charge in [-0.25, -0.2) is 0 Å². The highest BCUT2D eigenvalue weighted by Crippen LogP contribution is 2.26. The zero-order valence-corrected chi connectivity index (χ0v) is 21.9. The van der Waals surface area contributed by atoms with Gasteiger partial charge in [0.1, 0.15) is 0 Å². The molecular formula is C34H34N4. The molecule has 2 saturated heterocycles. The number of nitrogens with zero attached hydrogens (tertiary/aromatic N) is 4. The van der Waals surface area contributed by atoms with Crippen LogP contribution in [0.5, 0.6) is 0 Å². The Bertz CT molecular complexity index is 1250. The smallest absolute Gasteiger partial charge is 0.0998 e. The van der Waals surface area contributed by atoms with E-state index >= 15 is 0 Å². The molecule has 3 aromatic carbocycles. The summed E-state index contributed by atoms with van der Waals surface area (Å²) in [6, 6.07) is 29.4. The maximum absolute atomic E-state index is 9.84. The Hall–Kier alpha value is -4.28. The van der Waals surface area contributed by atoms with E-state index in [1.807, 2.05) is 36.4 Å². The normalized spacial score (nSPS) is 16.6. The van der Waals surface area contributed by atoms with Crippen molar-refractivity contribution in [2.45, 2.75) is 38.5 Å². The van der Waals surface area contributed by atoms with E-state index in [0.29, 0.717) is 11.1 Å². The first-order valence-corrected chi connectivity index (χ1v) is 13.8. The molecule has 38 heavy (non-hydrogen) atoms. The lowest BCUT2D eigenvalue weighted by molar-refractivity contribution is 0.578. The van der Waals surface area contributed by atoms with Crippen LogP contribution in [0.15, 0.2) is 72.8 Å². The van der Waals surface area contributed by atoms with Crippen LogP contribution < -0.4 is 9.80 Å². The molecule has 2 heterocycles. The molecule has 0 N–H and O–H groups in total. The first-order chi connectivity index (χ1) is 18.7. The van der Waals surface area contributed by atoms with Gasteiger partial charge >= 0.3 is 0 Å². The lowest BCUT2D eigenvalue weighted by Gasteiger charge is -2.28. The van der Waals surface area contributed by atoms with Crippen molar-refractivity contribution < 1.29 is 0 Å². The van der Waals surface area contributed by atoms with Crippen LogP contribution in [0, 0.1) is 22.7 Å². The first-order valence-electron chi connectivity index (χ1n) is 13.8. The molecule has 0 atom stereocenters. The van der Waals surface area contributed by atoms with E-state index in [-0.39, 0.29) is 0 Å². The van der Waals surface area contributed by atoms with Crippen molar-refractivity contribution in [1.82, 2.24) is 0 Å². The second-order valence-corrected chi connectivity index (χ2v) is 10.2. The summed E-state index contributed by atoms with van der Waals surface area (Å²) in [5, 5.41) is 19.7. The molecule has 2 fully saturated rings. The fourth-order valence-electron chi connectivity index (χ4n) is 5.39. The molecule has 0 aromatic heterocycles. The number of rotatable bonds is 6. The quantitative estimate of drug-likeness (QED) is 0.257. The van der Waals surface area contributed by atoms with Crippen molar-refractivity contribution in [1.29, 1.82) is 10.5 Å². The van der Waals surface area contributed by atoms with Gasteiger partial charge in [0.25, 0.3) is 0 Å². The number of hydrogen-bond donors (Lipinski definition) is 0. The van der Waals surface area contributed by atoms with E-state index in [1.165, 1.54) is 49.9 Å².